The lowest BCUT2D eigenvalue weighted by Gasteiger charge is -2.26. The zero-order valence-electron chi connectivity index (χ0n) is 17.5. The molecule has 0 bridgehead atoms. The summed E-state index contributed by atoms with van der Waals surface area (Å²) < 4.78 is 0. The van der Waals surface area contributed by atoms with E-state index in [9.17, 15) is 9.59 Å². The maximum absolute atomic E-state index is 13.1. The molecule has 2 N–H and O–H groups in total. The van der Waals surface area contributed by atoms with Crippen LogP contribution in [0.2, 0.25) is 0 Å². The number of carbonyl (C=O) groups excluding carboxylic acids is 1. The summed E-state index contributed by atoms with van der Waals surface area (Å²) in [6.45, 7) is 1.61. The molecule has 1 amide bonds. The van der Waals surface area contributed by atoms with Gasteiger partial charge in [-0.3, -0.25) is 9.59 Å². The largest absolute Gasteiger partial charge is 0.341 e. The minimum atomic E-state index is -0.135. The highest BCUT2D eigenvalue weighted by molar-refractivity contribution is 6.23. The first-order chi connectivity index (χ1) is 15.2. The molecule has 2 fully saturated rings. The van der Waals surface area contributed by atoms with Crippen molar-refractivity contribution in [2.45, 2.75) is 50.9 Å². The third-order valence-corrected chi connectivity index (χ3v) is 7.13. The second-order valence-corrected chi connectivity index (χ2v) is 9.04. The molecule has 1 saturated heterocycles. The molecule has 31 heavy (non-hydrogen) atoms. The van der Waals surface area contributed by atoms with E-state index in [2.05, 4.69) is 9.97 Å². The number of benzene rings is 2. The third kappa shape index (κ3) is 2.96. The highest BCUT2D eigenvalue weighted by Crippen LogP contribution is 2.37. The fourth-order valence-electron chi connectivity index (χ4n) is 5.50. The van der Waals surface area contributed by atoms with E-state index in [1.807, 2.05) is 29.2 Å². The van der Waals surface area contributed by atoms with E-state index in [1.165, 1.54) is 19.3 Å². The number of likely N-dealkylation sites (tertiary alicyclic amines) is 1. The molecule has 0 radical (unpaired) electrons. The van der Waals surface area contributed by atoms with Gasteiger partial charge < -0.3 is 14.9 Å². The molecular formula is C25H26N4O2. The van der Waals surface area contributed by atoms with E-state index in [-0.39, 0.29) is 11.5 Å². The second-order valence-electron chi connectivity index (χ2n) is 9.04. The number of imidazole rings is 1. The molecule has 2 aromatic heterocycles. The molecule has 3 heterocycles. The summed E-state index contributed by atoms with van der Waals surface area (Å²) >= 11 is 0. The van der Waals surface area contributed by atoms with Crippen molar-refractivity contribution in [1.82, 2.24) is 19.9 Å². The first kappa shape index (κ1) is 18.6. The number of hydrogen-bond donors (Lipinski definition) is 2. The maximum atomic E-state index is 13.1. The van der Waals surface area contributed by atoms with Crippen LogP contribution in [0, 0.1) is 0 Å². The molecule has 6 heteroatoms. The van der Waals surface area contributed by atoms with Crippen molar-refractivity contribution >= 4 is 38.5 Å². The molecule has 158 valence electrons. The van der Waals surface area contributed by atoms with Crippen LogP contribution in [0.4, 0.5) is 0 Å². The van der Waals surface area contributed by atoms with Gasteiger partial charge in [-0.15, -0.1) is 0 Å². The van der Waals surface area contributed by atoms with E-state index < -0.39 is 0 Å². The van der Waals surface area contributed by atoms with Gasteiger partial charge in [0.05, 0.1) is 16.4 Å². The average Bonchev–Trinajstić information content (AvgIpc) is 3.49. The standard InChI is InChI=1S/C25H26N4O2/c30-24-20-18(10-11-26-24)22-21(27-23(28-22)15-6-2-3-7-15)17-9-8-16(14-19(17)20)25(31)29-12-4-1-5-13-29/h8-11,14-15H,1-7,12-13H2,(H,26,30)(H,27,28). The van der Waals surface area contributed by atoms with Gasteiger partial charge in [-0.1, -0.05) is 18.9 Å². The van der Waals surface area contributed by atoms with Crippen molar-refractivity contribution in [2.75, 3.05) is 13.1 Å². The maximum Gasteiger partial charge on any atom is 0.256 e. The molecule has 1 aliphatic carbocycles. The number of fused-ring (bicyclic) bond motifs is 6. The predicted octanol–water partition coefficient (Wildman–Crippen LogP) is 4.84. The number of pyridine rings is 1. The van der Waals surface area contributed by atoms with Gasteiger partial charge in [0.2, 0.25) is 0 Å². The molecule has 0 spiro atoms. The van der Waals surface area contributed by atoms with Crippen LogP contribution < -0.4 is 5.56 Å². The number of piperidine rings is 1. The quantitative estimate of drug-likeness (QED) is 0.461. The van der Waals surface area contributed by atoms with E-state index in [1.54, 1.807) is 6.20 Å². The lowest BCUT2D eigenvalue weighted by molar-refractivity contribution is 0.0724. The smallest absolute Gasteiger partial charge is 0.256 e. The predicted molar refractivity (Wildman–Crippen MR) is 123 cm³/mol. The lowest BCUT2D eigenvalue weighted by atomic mass is 9.98. The molecule has 6 rings (SSSR count). The molecule has 2 aliphatic rings. The number of aromatic amines is 2. The van der Waals surface area contributed by atoms with Gasteiger partial charge in [0.25, 0.3) is 11.5 Å². The van der Waals surface area contributed by atoms with Gasteiger partial charge in [-0.2, -0.15) is 0 Å². The summed E-state index contributed by atoms with van der Waals surface area (Å²) in [6, 6.07) is 7.70. The number of nitrogens with zero attached hydrogens (tertiary/aromatic N) is 2. The highest BCUT2D eigenvalue weighted by atomic mass is 16.2. The summed E-state index contributed by atoms with van der Waals surface area (Å²) in [6.07, 6.45) is 9.78. The van der Waals surface area contributed by atoms with Crippen LogP contribution >= 0.6 is 0 Å². The Kier molecular flexibility index (Phi) is 4.33. The van der Waals surface area contributed by atoms with E-state index in [4.69, 9.17) is 4.98 Å². The van der Waals surface area contributed by atoms with Crippen molar-refractivity contribution in [3.8, 4) is 0 Å². The van der Waals surface area contributed by atoms with Crippen LogP contribution in [0.3, 0.4) is 0 Å². The summed E-state index contributed by atoms with van der Waals surface area (Å²) in [5, 5.41) is 3.22. The van der Waals surface area contributed by atoms with Crippen LogP contribution in [-0.4, -0.2) is 38.8 Å². The highest BCUT2D eigenvalue weighted by Gasteiger charge is 2.24. The minimum absolute atomic E-state index is 0.0517. The second kappa shape index (κ2) is 7.22. The zero-order chi connectivity index (χ0) is 20.9. The molecule has 6 nitrogen and oxygen atoms in total. The number of nitrogens with one attached hydrogen (secondary N) is 2. The zero-order valence-corrected chi connectivity index (χ0v) is 17.5. The van der Waals surface area contributed by atoms with Gasteiger partial charge in [0, 0.05) is 41.5 Å². The first-order valence-electron chi connectivity index (χ1n) is 11.5. The minimum Gasteiger partial charge on any atom is -0.341 e. The van der Waals surface area contributed by atoms with Gasteiger partial charge in [-0.25, -0.2) is 4.98 Å². The van der Waals surface area contributed by atoms with Crippen LogP contribution in [0.5, 0.6) is 0 Å². The molecule has 0 atom stereocenters. The van der Waals surface area contributed by atoms with Gasteiger partial charge in [-0.05, 0) is 55.7 Å². The number of hydrogen-bond acceptors (Lipinski definition) is 3. The summed E-state index contributed by atoms with van der Waals surface area (Å²) in [4.78, 5) is 39.3. The number of rotatable bonds is 2. The number of carbonyl (C=O) groups is 1. The SMILES string of the molecule is O=C(c1ccc2c(c1)c1c(=O)[nH]ccc1c1[nH]c(C3CCCC3)nc21)N1CCCCC1. The molecule has 4 aromatic rings. The van der Waals surface area contributed by atoms with Crippen molar-refractivity contribution in [3.05, 3.63) is 52.2 Å². The van der Waals surface area contributed by atoms with Crippen molar-refractivity contribution in [2.24, 2.45) is 0 Å². The van der Waals surface area contributed by atoms with E-state index in [0.29, 0.717) is 16.9 Å². The van der Waals surface area contributed by atoms with Crippen molar-refractivity contribution in [3.63, 3.8) is 0 Å². The normalized spacial score (nSPS) is 17.9. The van der Waals surface area contributed by atoms with Crippen molar-refractivity contribution in [1.29, 1.82) is 0 Å². The van der Waals surface area contributed by atoms with Crippen LogP contribution in [0.15, 0.2) is 35.3 Å². The first-order valence-corrected chi connectivity index (χ1v) is 11.5. The fraction of sp³-hybridized carbons (Fsp3) is 0.400. The fourth-order valence-corrected chi connectivity index (χ4v) is 5.50. The summed E-state index contributed by atoms with van der Waals surface area (Å²) in [7, 11) is 0. The Balaban J connectivity index is 1.59. The Morgan fingerprint density at radius 3 is 2.58 bits per heavy atom. The molecule has 1 aliphatic heterocycles. The van der Waals surface area contributed by atoms with Gasteiger partial charge in [0.1, 0.15) is 5.82 Å². The molecule has 0 unspecified atom stereocenters. The van der Waals surface area contributed by atoms with Gasteiger partial charge in [0.15, 0.2) is 0 Å². The van der Waals surface area contributed by atoms with Crippen LogP contribution in [-0.2, 0) is 0 Å². The topological polar surface area (TPSA) is 81.8 Å². The van der Waals surface area contributed by atoms with E-state index in [0.717, 1.165) is 71.8 Å². The monoisotopic (exact) mass is 414 g/mol. The molecule has 2 aromatic carbocycles. The molecule has 1 saturated carbocycles. The lowest BCUT2D eigenvalue weighted by Crippen LogP contribution is -2.35. The van der Waals surface area contributed by atoms with Crippen molar-refractivity contribution < 1.29 is 4.79 Å². The summed E-state index contributed by atoms with van der Waals surface area (Å²) in [5.41, 5.74) is 2.33. The van der Waals surface area contributed by atoms with Crippen LogP contribution in [0.1, 0.15) is 67.0 Å². The number of H-pyrrole nitrogens is 2. The Morgan fingerprint density at radius 2 is 1.77 bits per heavy atom. The van der Waals surface area contributed by atoms with E-state index >= 15 is 0 Å². The Labute approximate surface area is 179 Å². The number of aromatic nitrogens is 3. The molecular weight excluding hydrogens is 388 g/mol. The third-order valence-electron chi connectivity index (χ3n) is 7.13. The van der Waals surface area contributed by atoms with Crippen LogP contribution in [0.25, 0.3) is 32.6 Å². The Hall–Kier alpha value is -3.15. The Morgan fingerprint density at radius 1 is 0.968 bits per heavy atom. The summed E-state index contributed by atoms with van der Waals surface area (Å²) in [5.74, 6) is 1.53. The van der Waals surface area contributed by atoms with Gasteiger partial charge >= 0.3 is 0 Å². The average molecular weight is 415 g/mol. The number of amides is 1. The Bertz CT molecular complexity index is 1370.